The number of anilines is 1. The zero-order valence-electron chi connectivity index (χ0n) is 16.6. The molecule has 0 unspecified atom stereocenters. The highest BCUT2D eigenvalue weighted by atomic mass is 16.5. The molecule has 0 aliphatic carbocycles. The first-order valence-electron chi connectivity index (χ1n) is 9.14. The van der Waals surface area contributed by atoms with E-state index >= 15 is 0 Å². The van der Waals surface area contributed by atoms with Crippen LogP contribution in [0, 0.1) is 11.3 Å². The highest BCUT2D eigenvalue weighted by molar-refractivity contribution is 6.02. The molecule has 0 saturated heterocycles. The number of hydrogen-bond acceptors (Lipinski definition) is 7. The summed E-state index contributed by atoms with van der Waals surface area (Å²) < 4.78 is 15.8. The maximum Gasteiger partial charge on any atom is 0.338 e. The first-order chi connectivity index (χ1) is 14.5. The monoisotopic (exact) mass is 411 g/mol. The second-order valence-electron chi connectivity index (χ2n) is 5.80. The van der Waals surface area contributed by atoms with Crippen molar-refractivity contribution in [2.45, 2.75) is 13.8 Å². The quantitative estimate of drug-likeness (QED) is 0.640. The van der Waals surface area contributed by atoms with Gasteiger partial charge >= 0.3 is 12.0 Å². The van der Waals surface area contributed by atoms with Crippen LogP contribution in [0.5, 0.6) is 11.5 Å². The standard InChI is InChI=1S/C21H21N3O6/c1-3-28-17-10-9-16(11-18(17)29-4-2)23-21(27)24-19(25)13-30-20(26)15-7-5-14(12-22)6-8-15/h5-11H,3-4,13H2,1-2H3,(H2,23,24,25,27). The maximum atomic E-state index is 12.0. The van der Waals surface area contributed by atoms with Crippen LogP contribution in [0.25, 0.3) is 0 Å². The molecule has 0 radical (unpaired) electrons. The second-order valence-corrected chi connectivity index (χ2v) is 5.80. The summed E-state index contributed by atoms with van der Waals surface area (Å²) in [7, 11) is 0. The summed E-state index contributed by atoms with van der Waals surface area (Å²) in [4.78, 5) is 35.8. The second kappa shape index (κ2) is 11.1. The lowest BCUT2D eigenvalue weighted by molar-refractivity contribution is -0.123. The van der Waals surface area contributed by atoms with Crippen molar-refractivity contribution in [2.75, 3.05) is 25.1 Å². The Bertz CT molecular complexity index is 950. The Morgan fingerprint density at radius 1 is 0.967 bits per heavy atom. The van der Waals surface area contributed by atoms with E-state index in [9.17, 15) is 14.4 Å². The van der Waals surface area contributed by atoms with Gasteiger partial charge in [-0.15, -0.1) is 0 Å². The third-order valence-electron chi connectivity index (χ3n) is 3.64. The Hall–Kier alpha value is -4.06. The van der Waals surface area contributed by atoms with Gasteiger partial charge < -0.3 is 19.5 Å². The van der Waals surface area contributed by atoms with Gasteiger partial charge in [0.1, 0.15) is 0 Å². The molecule has 0 aromatic heterocycles. The number of esters is 1. The van der Waals surface area contributed by atoms with Crippen molar-refractivity contribution < 1.29 is 28.6 Å². The minimum Gasteiger partial charge on any atom is -0.490 e. The number of hydrogen-bond donors (Lipinski definition) is 2. The lowest BCUT2D eigenvalue weighted by Gasteiger charge is -2.13. The average Bonchev–Trinajstić information content (AvgIpc) is 2.74. The molecule has 0 saturated carbocycles. The van der Waals surface area contributed by atoms with E-state index in [0.29, 0.717) is 36.0 Å². The fourth-order valence-corrected chi connectivity index (χ4v) is 2.35. The molecule has 156 valence electrons. The van der Waals surface area contributed by atoms with E-state index in [-0.39, 0.29) is 5.56 Å². The number of nitrogens with one attached hydrogen (secondary N) is 2. The van der Waals surface area contributed by atoms with Crippen LogP contribution in [-0.4, -0.2) is 37.7 Å². The smallest absolute Gasteiger partial charge is 0.338 e. The van der Waals surface area contributed by atoms with Crippen LogP contribution >= 0.6 is 0 Å². The number of benzene rings is 2. The van der Waals surface area contributed by atoms with E-state index in [1.54, 1.807) is 18.2 Å². The van der Waals surface area contributed by atoms with Crippen molar-refractivity contribution in [1.29, 1.82) is 5.26 Å². The molecule has 0 atom stereocenters. The van der Waals surface area contributed by atoms with E-state index in [0.717, 1.165) is 0 Å². The van der Waals surface area contributed by atoms with E-state index in [2.05, 4.69) is 10.6 Å². The Labute approximate surface area is 173 Å². The molecule has 2 N–H and O–H groups in total. The predicted octanol–water partition coefficient (Wildman–Crippen LogP) is 2.86. The average molecular weight is 411 g/mol. The van der Waals surface area contributed by atoms with Crippen LogP contribution in [0.1, 0.15) is 29.8 Å². The minimum atomic E-state index is -0.800. The summed E-state index contributed by atoms with van der Waals surface area (Å²) in [5, 5.41) is 13.3. The third kappa shape index (κ3) is 6.53. The van der Waals surface area contributed by atoms with Gasteiger partial charge in [-0.3, -0.25) is 10.1 Å². The van der Waals surface area contributed by atoms with E-state index in [4.69, 9.17) is 19.5 Å². The molecule has 9 nitrogen and oxygen atoms in total. The molecule has 3 amide bonds. The van der Waals surface area contributed by atoms with E-state index in [1.165, 1.54) is 24.3 Å². The molecular weight excluding hydrogens is 390 g/mol. The van der Waals surface area contributed by atoms with Gasteiger partial charge in [0.25, 0.3) is 5.91 Å². The lowest BCUT2D eigenvalue weighted by atomic mass is 10.1. The molecular formula is C21H21N3O6. The van der Waals surface area contributed by atoms with Gasteiger partial charge in [0.15, 0.2) is 18.1 Å². The summed E-state index contributed by atoms with van der Waals surface area (Å²) in [5.74, 6) is -0.552. The molecule has 0 aliphatic rings. The molecule has 0 spiro atoms. The Morgan fingerprint density at radius 3 is 2.27 bits per heavy atom. The van der Waals surface area contributed by atoms with Crippen molar-refractivity contribution >= 4 is 23.6 Å². The van der Waals surface area contributed by atoms with Crippen LogP contribution in [0.2, 0.25) is 0 Å². The number of rotatable bonds is 8. The highest BCUT2D eigenvalue weighted by Crippen LogP contribution is 2.30. The van der Waals surface area contributed by atoms with Crippen LogP contribution in [0.3, 0.4) is 0 Å². The van der Waals surface area contributed by atoms with Crippen molar-refractivity contribution in [2.24, 2.45) is 0 Å². The molecule has 2 aromatic rings. The Kier molecular flexibility index (Phi) is 8.20. The molecule has 0 bridgehead atoms. The fourth-order valence-electron chi connectivity index (χ4n) is 2.35. The number of carbonyl (C=O) groups is 3. The third-order valence-corrected chi connectivity index (χ3v) is 3.64. The molecule has 9 heteroatoms. The molecule has 2 rings (SSSR count). The summed E-state index contributed by atoms with van der Waals surface area (Å²) >= 11 is 0. The van der Waals surface area contributed by atoms with Crippen molar-refractivity contribution in [1.82, 2.24) is 5.32 Å². The van der Waals surface area contributed by atoms with Gasteiger partial charge in [0.2, 0.25) is 0 Å². The normalized spacial score (nSPS) is 9.77. The van der Waals surface area contributed by atoms with Crippen molar-refractivity contribution in [3.05, 3.63) is 53.6 Å². The number of carbonyl (C=O) groups excluding carboxylic acids is 3. The summed E-state index contributed by atoms with van der Waals surface area (Å²) in [5.41, 5.74) is 0.966. The summed E-state index contributed by atoms with van der Waals surface area (Å²) in [6.07, 6.45) is 0. The van der Waals surface area contributed by atoms with E-state index < -0.39 is 24.5 Å². The first-order valence-corrected chi connectivity index (χ1v) is 9.14. The van der Waals surface area contributed by atoms with Gasteiger partial charge in [-0.2, -0.15) is 5.26 Å². The SMILES string of the molecule is CCOc1ccc(NC(=O)NC(=O)COC(=O)c2ccc(C#N)cc2)cc1OCC. The number of nitriles is 1. The summed E-state index contributed by atoms with van der Waals surface area (Å²) in [6, 6.07) is 11.7. The van der Waals surface area contributed by atoms with Crippen LogP contribution in [0.4, 0.5) is 10.5 Å². The largest absolute Gasteiger partial charge is 0.490 e. The van der Waals surface area contributed by atoms with Gasteiger partial charge in [-0.1, -0.05) is 0 Å². The maximum absolute atomic E-state index is 12.0. The minimum absolute atomic E-state index is 0.184. The number of imide groups is 1. The van der Waals surface area contributed by atoms with E-state index in [1.807, 2.05) is 19.9 Å². The zero-order valence-corrected chi connectivity index (χ0v) is 16.6. The molecule has 2 aromatic carbocycles. The number of ether oxygens (including phenoxy) is 3. The van der Waals surface area contributed by atoms with Crippen molar-refractivity contribution in [3.63, 3.8) is 0 Å². The zero-order chi connectivity index (χ0) is 21.9. The van der Waals surface area contributed by atoms with Crippen molar-refractivity contribution in [3.8, 4) is 17.6 Å². The predicted molar refractivity (Wildman–Crippen MR) is 107 cm³/mol. The van der Waals surface area contributed by atoms with Crippen LogP contribution in [0.15, 0.2) is 42.5 Å². The summed E-state index contributed by atoms with van der Waals surface area (Å²) in [6.45, 7) is 3.90. The number of urea groups is 1. The van der Waals surface area contributed by atoms with Gasteiger partial charge in [-0.25, -0.2) is 9.59 Å². The molecule has 30 heavy (non-hydrogen) atoms. The molecule has 0 fully saturated rings. The van der Waals surface area contributed by atoms with Crippen LogP contribution in [-0.2, 0) is 9.53 Å². The number of nitrogens with zero attached hydrogens (tertiary/aromatic N) is 1. The van der Waals surface area contributed by atoms with Gasteiger partial charge in [0, 0.05) is 11.8 Å². The molecule has 0 aliphatic heterocycles. The lowest BCUT2D eigenvalue weighted by Crippen LogP contribution is -2.37. The van der Waals surface area contributed by atoms with Gasteiger partial charge in [0.05, 0.1) is 30.4 Å². The van der Waals surface area contributed by atoms with Crippen LogP contribution < -0.4 is 20.1 Å². The first kappa shape index (κ1) is 22.2. The fraction of sp³-hybridized carbons (Fsp3) is 0.238. The molecule has 0 heterocycles. The van der Waals surface area contributed by atoms with Gasteiger partial charge in [-0.05, 0) is 50.2 Å². The Morgan fingerprint density at radius 2 is 1.63 bits per heavy atom. The Balaban J connectivity index is 1.86. The highest BCUT2D eigenvalue weighted by Gasteiger charge is 2.14. The number of amides is 3. The topological polar surface area (TPSA) is 127 Å².